The second-order valence-electron chi connectivity index (χ2n) is 6.99. The minimum Gasteiger partial charge on any atom is -0.480 e. The van der Waals surface area contributed by atoms with Gasteiger partial charge < -0.3 is 15.4 Å². The highest BCUT2D eigenvalue weighted by molar-refractivity contribution is 5.87. The number of aryl methyl sites for hydroxylation is 1. The van der Waals surface area contributed by atoms with Crippen LogP contribution >= 0.6 is 0 Å². The first kappa shape index (κ1) is 19.6. The molecule has 0 aliphatic rings. The molecule has 28 heavy (non-hydrogen) atoms. The number of aromatic amines is 1. The lowest BCUT2D eigenvalue weighted by molar-refractivity contribution is -0.142. The highest BCUT2D eigenvalue weighted by Crippen LogP contribution is 2.19. The van der Waals surface area contributed by atoms with Gasteiger partial charge in [-0.3, -0.25) is 4.79 Å². The zero-order chi connectivity index (χ0) is 20.1. The fourth-order valence-corrected chi connectivity index (χ4v) is 3.24. The smallest absolute Gasteiger partial charge is 0.326 e. The third-order valence-corrected chi connectivity index (χ3v) is 4.97. The second kappa shape index (κ2) is 8.69. The van der Waals surface area contributed by atoms with Crippen molar-refractivity contribution in [3.8, 4) is 0 Å². The van der Waals surface area contributed by atoms with E-state index in [0.717, 1.165) is 16.5 Å². The first-order valence-electron chi connectivity index (χ1n) is 9.27. The molecule has 3 N–H and O–H groups in total. The van der Waals surface area contributed by atoms with Gasteiger partial charge in [-0.05, 0) is 36.1 Å². The molecule has 1 amide bonds. The first-order valence-corrected chi connectivity index (χ1v) is 9.27. The molecule has 0 spiro atoms. The molecule has 2 unspecified atom stereocenters. The molecule has 0 aliphatic heterocycles. The monoisotopic (exact) mass is 382 g/mol. The maximum Gasteiger partial charge on any atom is 0.326 e. The van der Waals surface area contributed by atoms with Gasteiger partial charge in [-0.1, -0.05) is 43.3 Å². The topological polar surface area (TPSA) is 82.2 Å². The first-order chi connectivity index (χ1) is 13.5. The summed E-state index contributed by atoms with van der Waals surface area (Å²) >= 11 is 0. The lowest BCUT2D eigenvalue weighted by Gasteiger charge is -2.18. The van der Waals surface area contributed by atoms with Gasteiger partial charge in [-0.15, -0.1) is 0 Å². The number of amides is 1. The molecule has 0 radical (unpaired) electrons. The van der Waals surface area contributed by atoms with Crippen LogP contribution < -0.4 is 5.32 Å². The molecule has 6 heteroatoms. The number of carbonyl (C=O) groups excluding carboxylic acids is 1. The van der Waals surface area contributed by atoms with Crippen LogP contribution in [0.15, 0.2) is 54.7 Å². The Hall–Kier alpha value is -3.15. The maximum atomic E-state index is 13.7. The van der Waals surface area contributed by atoms with E-state index in [0.29, 0.717) is 18.4 Å². The number of nitrogens with one attached hydrogen (secondary N) is 2. The number of aliphatic carboxylic acids is 1. The number of hydrogen-bond donors (Lipinski definition) is 3. The highest BCUT2D eigenvalue weighted by atomic mass is 19.1. The van der Waals surface area contributed by atoms with Crippen molar-refractivity contribution >= 4 is 22.8 Å². The van der Waals surface area contributed by atoms with Crippen molar-refractivity contribution in [1.82, 2.24) is 10.3 Å². The molecule has 2 aromatic carbocycles. The largest absolute Gasteiger partial charge is 0.480 e. The number of carboxylic acids is 1. The molecular formula is C22H23FN2O3. The Labute approximate surface area is 162 Å². The number of hydrogen-bond acceptors (Lipinski definition) is 2. The fourth-order valence-electron chi connectivity index (χ4n) is 3.24. The fraction of sp³-hybridized carbons (Fsp3) is 0.273. The SMILES string of the molecule is CC(CCc1ccccc1F)C(=O)NC(Cc1c[nH]c2ccccc12)C(=O)O. The van der Waals surface area contributed by atoms with Crippen LogP contribution in [0.25, 0.3) is 10.9 Å². The molecule has 2 atom stereocenters. The summed E-state index contributed by atoms with van der Waals surface area (Å²) in [6, 6.07) is 13.1. The van der Waals surface area contributed by atoms with Gasteiger partial charge in [0.25, 0.3) is 0 Å². The number of carboxylic acid groups (broad SMARTS) is 1. The number of benzene rings is 2. The minimum atomic E-state index is -1.08. The molecule has 0 aliphatic carbocycles. The summed E-state index contributed by atoms with van der Waals surface area (Å²) in [6.07, 6.45) is 2.81. The third-order valence-electron chi connectivity index (χ3n) is 4.97. The van der Waals surface area contributed by atoms with Gasteiger partial charge in [0, 0.05) is 29.4 Å². The normalized spacial score (nSPS) is 13.2. The average Bonchev–Trinajstić information content (AvgIpc) is 3.09. The van der Waals surface area contributed by atoms with Gasteiger partial charge >= 0.3 is 5.97 Å². The second-order valence-corrected chi connectivity index (χ2v) is 6.99. The van der Waals surface area contributed by atoms with Crippen LogP contribution in [0.4, 0.5) is 4.39 Å². The number of fused-ring (bicyclic) bond motifs is 1. The molecular weight excluding hydrogens is 359 g/mol. The van der Waals surface area contributed by atoms with Crippen molar-refractivity contribution < 1.29 is 19.1 Å². The van der Waals surface area contributed by atoms with E-state index < -0.39 is 17.9 Å². The zero-order valence-electron chi connectivity index (χ0n) is 15.6. The highest BCUT2D eigenvalue weighted by Gasteiger charge is 2.24. The van der Waals surface area contributed by atoms with Gasteiger partial charge in [-0.25, -0.2) is 9.18 Å². The van der Waals surface area contributed by atoms with E-state index in [4.69, 9.17) is 0 Å². The van der Waals surface area contributed by atoms with E-state index in [9.17, 15) is 19.1 Å². The molecule has 0 saturated heterocycles. The van der Waals surface area contributed by atoms with Crippen LogP contribution in [0.2, 0.25) is 0 Å². The zero-order valence-corrected chi connectivity index (χ0v) is 15.6. The number of para-hydroxylation sites is 1. The Morgan fingerprint density at radius 2 is 1.82 bits per heavy atom. The Bertz CT molecular complexity index is 983. The Kier molecular flexibility index (Phi) is 6.09. The van der Waals surface area contributed by atoms with E-state index in [2.05, 4.69) is 10.3 Å². The van der Waals surface area contributed by atoms with Crippen LogP contribution in [-0.2, 0) is 22.4 Å². The number of carbonyl (C=O) groups is 2. The number of rotatable bonds is 8. The molecule has 1 heterocycles. The number of H-pyrrole nitrogens is 1. The summed E-state index contributed by atoms with van der Waals surface area (Å²) in [7, 11) is 0. The van der Waals surface area contributed by atoms with Crippen LogP contribution in [0.5, 0.6) is 0 Å². The molecule has 1 aromatic heterocycles. The summed E-state index contributed by atoms with van der Waals surface area (Å²) in [5.41, 5.74) is 2.31. The van der Waals surface area contributed by atoms with E-state index in [1.54, 1.807) is 31.3 Å². The van der Waals surface area contributed by atoms with Gasteiger partial charge in [-0.2, -0.15) is 0 Å². The molecule has 146 valence electrons. The summed E-state index contributed by atoms with van der Waals surface area (Å²) < 4.78 is 13.7. The molecule has 0 bridgehead atoms. The Morgan fingerprint density at radius 3 is 2.57 bits per heavy atom. The minimum absolute atomic E-state index is 0.186. The standard InChI is InChI=1S/C22H23FN2O3/c1-14(10-11-15-6-2-4-8-18(15)23)21(26)25-20(22(27)28)12-16-13-24-19-9-5-3-7-17(16)19/h2-9,13-14,20,24H,10-12H2,1H3,(H,25,26)(H,27,28). The van der Waals surface area contributed by atoms with Crippen molar-refractivity contribution in [1.29, 1.82) is 0 Å². The molecule has 5 nitrogen and oxygen atoms in total. The van der Waals surface area contributed by atoms with Gasteiger partial charge in [0.2, 0.25) is 5.91 Å². The van der Waals surface area contributed by atoms with Crippen LogP contribution in [-0.4, -0.2) is 28.0 Å². The Morgan fingerprint density at radius 1 is 1.11 bits per heavy atom. The predicted molar refractivity (Wildman–Crippen MR) is 105 cm³/mol. The van der Waals surface area contributed by atoms with Gasteiger partial charge in [0.15, 0.2) is 0 Å². The van der Waals surface area contributed by atoms with Crippen molar-refractivity contribution in [3.05, 3.63) is 71.7 Å². The van der Waals surface area contributed by atoms with Crippen LogP contribution in [0, 0.1) is 11.7 Å². The molecule has 0 saturated carbocycles. The van der Waals surface area contributed by atoms with Crippen molar-refractivity contribution in [2.45, 2.75) is 32.2 Å². The number of halogens is 1. The summed E-state index contributed by atoms with van der Waals surface area (Å²) in [5.74, 6) is -2.15. The molecule has 0 fully saturated rings. The molecule has 3 rings (SSSR count). The van der Waals surface area contributed by atoms with Crippen LogP contribution in [0.3, 0.4) is 0 Å². The summed E-state index contributed by atoms with van der Waals surface area (Å²) in [6.45, 7) is 1.72. The number of aromatic nitrogens is 1. The lowest BCUT2D eigenvalue weighted by atomic mass is 9.99. The van der Waals surface area contributed by atoms with E-state index >= 15 is 0 Å². The predicted octanol–water partition coefficient (Wildman–Crippen LogP) is 3.69. The van der Waals surface area contributed by atoms with Crippen molar-refractivity contribution in [2.75, 3.05) is 0 Å². The van der Waals surface area contributed by atoms with Gasteiger partial charge in [0.05, 0.1) is 0 Å². The van der Waals surface area contributed by atoms with Crippen molar-refractivity contribution in [2.24, 2.45) is 5.92 Å². The Balaban J connectivity index is 1.62. The average molecular weight is 382 g/mol. The summed E-state index contributed by atoms with van der Waals surface area (Å²) in [5, 5.41) is 13.1. The van der Waals surface area contributed by atoms with Crippen LogP contribution in [0.1, 0.15) is 24.5 Å². The van der Waals surface area contributed by atoms with Gasteiger partial charge in [0.1, 0.15) is 11.9 Å². The quantitative estimate of drug-likeness (QED) is 0.556. The maximum absolute atomic E-state index is 13.7. The van der Waals surface area contributed by atoms with E-state index in [1.165, 1.54) is 6.07 Å². The molecule has 3 aromatic rings. The lowest BCUT2D eigenvalue weighted by Crippen LogP contribution is -2.44. The third kappa shape index (κ3) is 4.57. The van der Waals surface area contributed by atoms with E-state index in [-0.39, 0.29) is 18.1 Å². The van der Waals surface area contributed by atoms with E-state index in [1.807, 2.05) is 24.3 Å². The van der Waals surface area contributed by atoms with Crippen molar-refractivity contribution in [3.63, 3.8) is 0 Å². The summed E-state index contributed by atoms with van der Waals surface area (Å²) in [4.78, 5) is 27.3.